The number of nitrogens with zero attached hydrogens (tertiary/aromatic N) is 2. The number of aryl methyl sites for hydroxylation is 1. The number of benzene rings is 2. The average molecular weight is 534 g/mol. The van der Waals surface area contributed by atoms with E-state index in [2.05, 4.69) is 24.8 Å². The summed E-state index contributed by atoms with van der Waals surface area (Å²) < 4.78 is 5.54. The van der Waals surface area contributed by atoms with Crippen LogP contribution in [0.25, 0.3) is 0 Å². The van der Waals surface area contributed by atoms with E-state index in [9.17, 15) is 9.59 Å². The molecule has 0 radical (unpaired) electrons. The summed E-state index contributed by atoms with van der Waals surface area (Å²) in [6.45, 7) is 13.4. The van der Waals surface area contributed by atoms with Crippen LogP contribution in [-0.4, -0.2) is 42.0 Å². The quantitative estimate of drug-likeness (QED) is 0.357. The highest BCUT2D eigenvalue weighted by molar-refractivity contribution is 6.33. The second-order valence-corrected chi connectivity index (χ2v) is 12.0. The zero-order chi connectivity index (χ0) is 26.6. The van der Waals surface area contributed by atoms with Crippen molar-refractivity contribution >= 4 is 40.8 Å². The third-order valence-corrected chi connectivity index (χ3v) is 6.85. The van der Waals surface area contributed by atoms with E-state index in [0.717, 1.165) is 16.8 Å². The van der Waals surface area contributed by atoms with Gasteiger partial charge in [-0.25, -0.2) is 0 Å². The van der Waals surface area contributed by atoms with Crippen molar-refractivity contribution in [3.8, 4) is 0 Å². The van der Waals surface area contributed by atoms with Crippen LogP contribution < -0.4 is 4.90 Å². The van der Waals surface area contributed by atoms with E-state index < -0.39 is 11.5 Å². The van der Waals surface area contributed by atoms with Crippen LogP contribution in [0.5, 0.6) is 0 Å². The Kier molecular flexibility index (Phi) is 9.34. The first-order chi connectivity index (χ1) is 16.8. The first-order valence-electron chi connectivity index (χ1n) is 12.6. The number of rotatable bonds is 7. The second-order valence-electron chi connectivity index (χ2n) is 11.1. The third-order valence-electron chi connectivity index (χ3n) is 6.30. The molecule has 36 heavy (non-hydrogen) atoms. The summed E-state index contributed by atoms with van der Waals surface area (Å²) >= 11 is 12.8. The zero-order valence-electron chi connectivity index (χ0n) is 22.2. The van der Waals surface area contributed by atoms with Gasteiger partial charge >= 0.3 is 5.97 Å². The molecule has 0 unspecified atom stereocenters. The van der Waals surface area contributed by atoms with Crippen molar-refractivity contribution in [2.45, 2.75) is 66.0 Å². The lowest BCUT2D eigenvalue weighted by Crippen LogP contribution is -2.52. The number of ether oxygens (including phenoxy) is 1. The SMILES string of the molecule is Cc1ccc(N2CCN(C(=O)[C@@H](CC(=O)OC(C)(C)C)CC(C)C)C[C@H]2c2ccc(Cl)cc2)c(Cl)c1. The Bertz CT molecular complexity index is 1060. The van der Waals surface area contributed by atoms with Crippen LogP contribution in [0.2, 0.25) is 10.0 Å². The highest BCUT2D eigenvalue weighted by Crippen LogP contribution is 2.37. The molecule has 0 aliphatic carbocycles. The molecule has 7 heteroatoms. The molecule has 3 rings (SSSR count). The van der Waals surface area contributed by atoms with Gasteiger partial charge in [-0.2, -0.15) is 0 Å². The molecule has 2 aromatic carbocycles. The van der Waals surface area contributed by atoms with Crippen LogP contribution in [0.4, 0.5) is 5.69 Å². The number of anilines is 1. The van der Waals surface area contributed by atoms with E-state index in [4.69, 9.17) is 27.9 Å². The van der Waals surface area contributed by atoms with Gasteiger partial charge in [-0.3, -0.25) is 9.59 Å². The summed E-state index contributed by atoms with van der Waals surface area (Å²) in [5.41, 5.74) is 2.52. The molecule has 5 nitrogen and oxygen atoms in total. The number of carbonyl (C=O) groups excluding carboxylic acids is 2. The van der Waals surface area contributed by atoms with Crippen molar-refractivity contribution in [2.24, 2.45) is 11.8 Å². The summed E-state index contributed by atoms with van der Waals surface area (Å²) in [4.78, 5) is 30.6. The molecule has 1 amide bonds. The monoisotopic (exact) mass is 532 g/mol. The van der Waals surface area contributed by atoms with Gasteiger partial charge in [0.1, 0.15) is 5.60 Å². The molecule has 196 valence electrons. The van der Waals surface area contributed by atoms with Gasteiger partial charge in [0.15, 0.2) is 0 Å². The summed E-state index contributed by atoms with van der Waals surface area (Å²) in [6.07, 6.45) is 0.720. The Morgan fingerprint density at radius 3 is 2.31 bits per heavy atom. The molecule has 0 N–H and O–H groups in total. The lowest BCUT2D eigenvalue weighted by molar-refractivity contribution is -0.158. The summed E-state index contributed by atoms with van der Waals surface area (Å²) in [5.74, 6) is -0.467. The van der Waals surface area contributed by atoms with E-state index in [1.54, 1.807) is 0 Å². The van der Waals surface area contributed by atoms with Crippen LogP contribution in [0.1, 0.15) is 64.6 Å². The van der Waals surface area contributed by atoms with E-state index in [1.165, 1.54) is 0 Å². The lowest BCUT2D eigenvalue weighted by Gasteiger charge is -2.44. The molecule has 1 saturated heterocycles. The maximum atomic E-state index is 13.8. The third kappa shape index (κ3) is 7.63. The molecular weight excluding hydrogens is 495 g/mol. The van der Waals surface area contributed by atoms with Gasteiger partial charge in [0.25, 0.3) is 0 Å². The molecule has 0 bridgehead atoms. The van der Waals surface area contributed by atoms with Crippen molar-refractivity contribution in [3.63, 3.8) is 0 Å². The normalized spacial score (nSPS) is 17.3. The number of hydrogen-bond donors (Lipinski definition) is 0. The summed E-state index contributed by atoms with van der Waals surface area (Å²) in [5, 5.41) is 1.35. The van der Waals surface area contributed by atoms with E-state index in [-0.39, 0.29) is 30.3 Å². The number of esters is 1. The summed E-state index contributed by atoms with van der Waals surface area (Å²) in [6, 6.07) is 13.7. The molecule has 2 aromatic rings. The van der Waals surface area contributed by atoms with Crippen molar-refractivity contribution in [1.82, 2.24) is 4.90 Å². The average Bonchev–Trinajstić information content (AvgIpc) is 2.77. The Hall–Kier alpha value is -2.24. The van der Waals surface area contributed by atoms with Crippen LogP contribution in [0.3, 0.4) is 0 Å². The van der Waals surface area contributed by atoms with Gasteiger partial charge in [0, 0.05) is 30.6 Å². The van der Waals surface area contributed by atoms with Gasteiger partial charge < -0.3 is 14.5 Å². The van der Waals surface area contributed by atoms with Gasteiger partial charge in [0.05, 0.1) is 23.2 Å². The fourth-order valence-corrected chi connectivity index (χ4v) is 5.24. The Balaban J connectivity index is 1.88. The van der Waals surface area contributed by atoms with Gasteiger partial charge in [-0.15, -0.1) is 0 Å². The van der Waals surface area contributed by atoms with Crippen LogP contribution in [-0.2, 0) is 14.3 Å². The molecule has 1 aliphatic heterocycles. The van der Waals surface area contributed by atoms with Gasteiger partial charge in [-0.1, -0.05) is 55.2 Å². The predicted octanol–water partition coefficient (Wildman–Crippen LogP) is 7.09. The fraction of sp³-hybridized carbons (Fsp3) is 0.517. The molecule has 0 spiro atoms. The molecule has 0 aromatic heterocycles. The number of amides is 1. The highest BCUT2D eigenvalue weighted by Gasteiger charge is 2.36. The predicted molar refractivity (Wildman–Crippen MR) is 148 cm³/mol. The van der Waals surface area contributed by atoms with E-state index >= 15 is 0 Å². The maximum absolute atomic E-state index is 13.8. The minimum absolute atomic E-state index is 0.00294. The Morgan fingerprint density at radius 1 is 1.06 bits per heavy atom. The Labute approximate surface area is 225 Å². The molecule has 1 fully saturated rings. The minimum atomic E-state index is -0.582. The number of hydrogen-bond acceptors (Lipinski definition) is 4. The van der Waals surface area contributed by atoms with Gasteiger partial charge in [0.2, 0.25) is 5.91 Å². The topological polar surface area (TPSA) is 49.9 Å². The van der Waals surface area contributed by atoms with Gasteiger partial charge in [-0.05, 0) is 75.4 Å². The van der Waals surface area contributed by atoms with E-state index in [1.807, 2.05) is 69.0 Å². The Morgan fingerprint density at radius 2 is 1.72 bits per heavy atom. The molecule has 0 saturated carbocycles. The van der Waals surface area contributed by atoms with Crippen molar-refractivity contribution in [3.05, 3.63) is 63.6 Å². The largest absolute Gasteiger partial charge is 0.460 e. The van der Waals surface area contributed by atoms with Crippen LogP contribution in [0, 0.1) is 18.8 Å². The first kappa shape index (κ1) is 28.3. The standard InChI is InChI=1S/C29H38Cl2N2O3/c1-19(2)15-22(17-27(34)36-29(4,5)6)28(35)32-13-14-33(25-12-7-20(3)16-24(25)31)26(18-32)21-8-10-23(30)11-9-21/h7-12,16,19,22,26H,13-15,17-18H2,1-6H3/t22-,26+/m1/s1. The number of halogens is 2. The molecular formula is C29H38Cl2N2O3. The minimum Gasteiger partial charge on any atom is -0.460 e. The molecule has 1 heterocycles. The lowest BCUT2D eigenvalue weighted by atomic mass is 9.91. The fourth-order valence-electron chi connectivity index (χ4n) is 4.77. The number of piperazine rings is 1. The van der Waals surface area contributed by atoms with Crippen LogP contribution in [0.15, 0.2) is 42.5 Å². The first-order valence-corrected chi connectivity index (χ1v) is 13.4. The smallest absolute Gasteiger partial charge is 0.307 e. The summed E-state index contributed by atoms with van der Waals surface area (Å²) in [7, 11) is 0. The van der Waals surface area contributed by atoms with Crippen LogP contribution >= 0.6 is 23.2 Å². The highest BCUT2D eigenvalue weighted by atomic mass is 35.5. The van der Waals surface area contributed by atoms with Crippen molar-refractivity contribution in [1.29, 1.82) is 0 Å². The van der Waals surface area contributed by atoms with Crippen molar-refractivity contribution < 1.29 is 14.3 Å². The second kappa shape index (κ2) is 11.9. The van der Waals surface area contributed by atoms with Crippen molar-refractivity contribution in [2.75, 3.05) is 24.5 Å². The van der Waals surface area contributed by atoms with E-state index in [0.29, 0.717) is 36.1 Å². The molecule has 1 aliphatic rings. The number of carbonyl (C=O) groups is 2. The maximum Gasteiger partial charge on any atom is 0.307 e. The molecule has 2 atom stereocenters. The zero-order valence-corrected chi connectivity index (χ0v) is 23.7.